The summed E-state index contributed by atoms with van der Waals surface area (Å²) in [5, 5.41) is 2.60. The van der Waals surface area contributed by atoms with E-state index in [9.17, 15) is 0 Å². The first kappa shape index (κ1) is 18.0. The molecule has 5 rings (SSSR count). The fraction of sp³-hybridized carbons (Fsp3) is 0.240. The summed E-state index contributed by atoms with van der Waals surface area (Å²) in [7, 11) is 4.23. The van der Waals surface area contributed by atoms with Gasteiger partial charge in [0.25, 0.3) is 0 Å². The Labute approximate surface area is 171 Å². The van der Waals surface area contributed by atoms with Crippen LogP contribution < -0.4 is 0 Å². The van der Waals surface area contributed by atoms with Crippen molar-refractivity contribution in [1.82, 2.24) is 19.0 Å². The molecule has 0 aliphatic carbocycles. The van der Waals surface area contributed by atoms with Gasteiger partial charge in [0.05, 0.1) is 11.0 Å². The zero-order chi connectivity index (χ0) is 20.0. The van der Waals surface area contributed by atoms with Crippen LogP contribution in [0, 0.1) is 0 Å². The van der Waals surface area contributed by atoms with E-state index in [0.29, 0.717) is 0 Å². The van der Waals surface area contributed by atoms with E-state index in [0.717, 1.165) is 31.0 Å². The minimum Gasteiger partial charge on any atom is -0.341 e. The summed E-state index contributed by atoms with van der Waals surface area (Å²) in [6.07, 6.45) is 0. The molecule has 0 saturated heterocycles. The van der Waals surface area contributed by atoms with Crippen molar-refractivity contribution in [3.05, 3.63) is 66.7 Å². The average Bonchev–Trinajstić information content (AvgIpc) is 3.27. The molecule has 3 aromatic carbocycles. The molecule has 0 amide bonds. The number of rotatable bonds is 5. The van der Waals surface area contributed by atoms with Crippen molar-refractivity contribution >= 4 is 32.8 Å². The lowest BCUT2D eigenvalue weighted by Crippen LogP contribution is -2.18. The molecule has 0 unspecified atom stereocenters. The van der Waals surface area contributed by atoms with Crippen LogP contribution in [0.15, 0.2) is 66.7 Å². The number of likely N-dealkylation sites (N-methyl/N-ethyl adjacent to an activating group) is 1. The summed E-state index contributed by atoms with van der Waals surface area (Å²) in [5.74, 6) is 1.04. The maximum Gasteiger partial charge on any atom is 0.141 e. The Bertz CT molecular complexity index is 1320. The molecule has 0 radical (unpaired) electrons. The van der Waals surface area contributed by atoms with Gasteiger partial charge in [0.2, 0.25) is 0 Å². The highest BCUT2D eigenvalue weighted by Crippen LogP contribution is 2.33. The molecule has 0 aliphatic rings. The van der Waals surface area contributed by atoms with E-state index in [1.54, 1.807) is 0 Å². The topological polar surface area (TPSA) is 26.0 Å². The summed E-state index contributed by atoms with van der Waals surface area (Å²) in [5.41, 5.74) is 6.00. The molecule has 146 valence electrons. The van der Waals surface area contributed by atoms with Crippen LogP contribution in [-0.2, 0) is 13.1 Å². The molecule has 0 bridgehead atoms. The molecule has 0 saturated carbocycles. The van der Waals surface area contributed by atoms with Gasteiger partial charge in [-0.3, -0.25) is 0 Å². The molecule has 4 nitrogen and oxygen atoms in total. The molecule has 0 spiro atoms. The molecular weight excluding hydrogens is 356 g/mol. The number of para-hydroxylation sites is 3. The summed E-state index contributed by atoms with van der Waals surface area (Å²) >= 11 is 0. The van der Waals surface area contributed by atoms with Gasteiger partial charge >= 0.3 is 0 Å². The minimum absolute atomic E-state index is 0.914. The Morgan fingerprint density at radius 2 is 1.52 bits per heavy atom. The van der Waals surface area contributed by atoms with Crippen molar-refractivity contribution < 1.29 is 0 Å². The van der Waals surface area contributed by atoms with Gasteiger partial charge in [-0.15, -0.1) is 0 Å². The quantitative estimate of drug-likeness (QED) is 0.407. The summed E-state index contributed by atoms with van der Waals surface area (Å²) in [4.78, 5) is 7.23. The second kappa shape index (κ2) is 7.05. The first-order valence-electron chi connectivity index (χ1n) is 10.3. The van der Waals surface area contributed by atoms with Crippen LogP contribution in [0.25, 0.3) is 44.2 Å². The Hall–Kier alpha value is -3.11. The highest BCUT2D eigenvalue weighted by molar-refractivity contribution is 6.09. The van der Waals surface area contributed by atoms with E-state index < -0.39 is 0 Å². The summed E-state index contributed by atoms with van der Waals surface area (Å²) in [6.45, 7) is 5.06. The number of fused-ring (bicyclic) bond motifs is 4. The van der Waals surface area contributed by atoms with Gasteiger partial charge in [-0.25, -0.2) is 4.98 Å². The first-order chi connectivity index (χ1) is 14.2. The van der Waals surface area contributed by atoms with Gasteiger partial charge in [0, 0.05) is 47.0 Å². The van der Waals surface area contributed by atoms with Crippen molar-refractivity contribution in [2.75, 3.05) is 20.6 Å². The largest absolute Gasteiger partial charge is 0.341 e. The molecule has 2 heterocycles. The van der Waals surface area contributed by atoms with Crippen LogP contribution in [0.1, 0.15) is 6.92 Å². The zero-order valence-electron chi connectivity index (χ0n) is 17.3. The standard InChI is InChI=1S/C25H26N4/c1-4-28-22-11-7-5-9-19(22)20-17-18(13-14-23(20)28)25-26-21-10-6-8-12-24(21)29(25)16-15-27(2)3/h5-14,17H,4,15-16H2,1-3H3. The highest BCUT2D eigenvalue weighted by Gasteiger charge is 2.15. The van der Waals surface area contributed by atoms with Crippen molar-refractivity contribution in [1.29, 1.82) is 0 Å². The molecule has 2 aromatic heterocycles. The van der Waals surface area contributed by atoms with E-state index in [1.165, 1.54) is 32.9 Å². The van der Waals surface area contributed by atoms with Crippen molar-refractivity contribution in [2.45, 2.75) is 20.0 Å². The smallest absolute Gasteiger partial charge is 0.141 e. The fourth-order valence-corrected chi connectivity index (χ4v) is 4.36. The normalized spacial score (nSPS) is 12.0. The number of imidazole rings is 1. The third-order valence-corrected chi connectivity index (χ3v) is 5.77. The predicted molar refractivity (Wildman–Crippen MR) is 122 cm³/mol. The van der Waals surface area contributed by atoms with Gasteiger partial charge < -0.3 is 14.0 Å². The lowest BCUT2D eigenvalue weighted by atomic mass is 10.1. The lowest BCUT2D eigenvalue weighted by molar-refractivity contribution is 0.387. The van der Waals surface area contributed by atoms with Crippen LogP contribution in [0.3, 0.4) is 0 Å². The Kier molecular flexibility index (Phi) is 4.36. The maximum atomic E-state index is 5.01. The Morgan fingerprint density at radius 3 is 2.31 bits per heavy atom. The monoisotopic (exact) mass is 382 g/mol. The fourth-order valence-electron chi connectivity index (χ4n) is 4.36. The van der Waals surface area contributed by atoms with E-state index in [2.05, 4.69) is 102 Å². The number of hydrogen-bond acceptors (Lipinski definition) is 2. The number of nitrogens with zero attached hydrogens (tertiary/aromatic N) is 4. The van der Waals surface area contributed by atoms with Crippen LogP contribution in [-0.4, -0.2) is 39.7 Å². The molecule has 0 N–H and O–H groups in total. The van der Waals surface area contributed by atoms with E-state index in [-0.39, 0.29) is 0 Å². The van der Waals surface area contributed by atoms with Crippen molar-refractivity contribution in [2.24, 2.45) is 0 Å². The van der Waals surface area contributed by atoms with Gasteiger partial charge in [-0.1, -0.05) is 30.3 Å². The van der Waals surface area contributed by atoms with Crippen molar-refractivity contribution in [3.63, 3.8) is 0 Å². The number of aromatic nitrogens is 3. The average molecular weight is 383 g/mol. The van der Waals surface area contributed by atoms with E-state index >= 15 is 0 Å². The highest BCUT2D eigenvalue weighted by atomic mass is 15.1. The van der Waals surface area contributed by atoms with E-state index in [4.69, 9.17) is 4.98 Å². The van der Waals surface area contributed by atoms with Gasteiger partial charge in [0.15, 0.2) is 0 Å². The Morgan fingerprint density at radius 1 is 0.793 bits per heavy atom. The van der Waals surface area contributed by atoms with Gasteiger partial charge in [-0.2, -0.15) is 0 Å². The maximum absolute atomic E-state index is 5.01. The van der Waals surface area contributed by atoms with Crippen LogP contribution >= 0.6 is 0 Å². The van der Waals surface area contributed by atoms with Crippen LogP contribution in [0.2, 0.25) is 0 Å². The SMILES string of the molecule is CCn1c2ccccc2c2cc(-c3nc4ccccc4n3CCN(C)C)ccc21. The van der Waals surface area contributed by atoms with Gasteiger partial charge in [0.1, 0.15) is 5.82 Å². The first-order valence-corrected chi connectivity index (χ1v) is 10.3. The zero-order valence-corrected chi connectivity index (χ0v) is 17.3. The minimum atomic E-state index is 0.914. The van der Waals surface area contributed by atoms with Crippen molar-refractivity contribution in [3.8, 4) is 11.4 Å². The summed E-state index contributed by atoms with van der Waals surface area (Å²) < 4.78 is 4.75. The molecule has 29 heavy (non-hydrogen) atoms. The second-order valence-corrected chi connectivity index (χ2v) is 7.87. The van der Waals surface area contributed by atoms with Crippen LogP contribution in [0.5, 0.6) is 0 Å². The van der Waals surface area contributed by atoms with Gasteiger partial charge in [-0.05, 0) is 57.4 Å². The van der Waals surface area contributed by atoms with Crippen LogP contribution in [0.4, 0.5) is 0 Å². The molecule has 0 aliphatic heterocycles. The Balaban J connectivity index is 1.74. The van der Waals surface area contributed by atoms with E-state index in [1.807, 2.05) is 0 Å². The predicted octanol–water partition coefficient (Wildman–Crippen LogP) is 5.39. The molecule has 0 atom stereocenters. The molecule has 0 fully saturated rings. The molecule has 5 aromatic rings. The molecule has 4 heteroatoms. The number of hydrogen-bond donors (Lipinski definition) is 0. The third-order valence-electron chi connectivity index (χ3n) is 5.77. The lowest BCUT2D eigenvalue weighted by Gasteiger charge is -2.13. The number of aryl methyl sites for hydroxylation is 1. The summed E-state index contributed by atoms with van der Waals surface area (Å²) in [6, 6.07) is 23.9. The molecular formula is C25H26N4. The number of benzene rings is 3. The second-order valence-electron chi connectivity index (χ2n) is 7.87. The third kappa shape index (κ3) is 2.91.